The van der Waals surface area contributed by atoms with E-state index in [1.807, 2.05) is 9.80 Å². The zero-order valence-corrected chi connectivity index (χ0v) is 15.0. The maximum atomic E-state index is 13.0. The molecule has 1 aromatic rings. The minimum atomic E-state index is -0.368. The molecule has 6 nitrogen and oxygen atoms in total. The van der Waals surface area contributed by atoms with Gasteiger partial charge in [0.15, 0.2) is 0 Å². The highest BCUT2D eigenvalue weighted by Crippen LogP contribution is 2.41. The van der Waals surface area contributed by atoms with E-state index in [1.54, 1.807) is 6.20 Å². The number of nitrogens with zero attached hydrogens (tertiary/aromatic N) is 3. The molecule has 0 aliphatic carbocycles. The fourth-order valence-electron chi connectivity index (χ4n) is 4.13. The van der Waals surface area contributed by atoms with Crippen molar-refractivity contribution in [1.82, 2.24) is 20.0 Å². The highest BCUT2D eigenvalue weighted by atomic mass is 16.2. The predicted molar refractivity (Wildman–Crippen MR) is 91.6 cm³/mol. The number of carbonyl (C=O) groups excluding carboxylic acids is 2. The van der Waals surface area contributed by atoms with Crippen LogP contribution in [0.4, 0.5) is 0 Å². The molecule has 3 rings (SSSR count). The molecule has 0 radical (unpaired) electrons. The molecule has 0 aromatic carbocycles. The van der Waals surface area contributed by atoms with Crippen molar-refractivity contribution in [3.05, 3.63) is 17.5 Å². The van der Waals surface area contributed by atoms with Crippen molar-refractivity contribution in [2.45, 2.75) is 58.9 Å². The van der Waals surface area contributed by atoms with E-state index in [2.05, 4.69) is 31.0 Å². The Hall–Kier alpha value is -1.85. The number of likely N-dealkylation sites (tertiary alicyclic amines) is 2. The first kappa shape index (κ1) is 17.0. The normalized spacial score (nSPS) is 24.4. The lowest BCUT2D eigenvalue weighted by Crippen LogP contribution is -2.52. The molecule has 1 atom stereocenters. The standard InChI is InChI=1S/C18H28N4O2/c1-4-6-15-14(11-19-20-15)16(23)21-10-8-18(12-21)7-5-9-22(13(2)3)17(18)24/h11,13H,4-10,12H2,1-3H3,(H,19,20)/t18-/m0/s1. The number of nitrogens with one attached hydrogen (secondary N) is 1. The molecule has 2 aliphatic rings. The monoisotopic (exact) mass is 332 g/mol. The number of rotatable bonds is 4. The number of amides is 2. The second kappa shape index (κ2) is 6.57. The van der Waals surface area contributed by atoms with E-state index in [0.29, 0.717) is 18.7 Å². The summed E-state index contributed by atoms with van der Waals surface area (Å²) >= 11 is 0. The SMILES string of the molecule is CCCc1[nH]ncc1C(=O)N1CC[C@@]2(CCCN(C(C)C)C2=O)C1. The molecule has 0 bridgehead atoms. The van der Waals surface area contributed by atoms with E-state index in [-0.39, 0.29) is 23.3 Å². The second-order valence-electron chi connectivity index (χ2n) is 7.47. The number of hydrogen-bond acceptors (Lipinski definition) is 3. The number of hydrogen-bond donors (Lipinski definition) is 1. The van der Waals surface area contributed by atoms with Crippen molar-refractivity contribution in [2.75, 3.05) is 19.6 Å². The topological polar surface area (TPSA) is 69.3 Å². The summed E-state index contributed by atoms with van der Waals surface area (Å²) in [5.41, 5.74) is 1.20. The Bertz CT molecular complexity index is 624. The van der Waals surface area contributed by atoms with Crippen LogP contribution in [0.25, 0.3) is 0 Å². The summed E-state index contributed by atoms with van der Waals surface area (Å²) in [6.45, 7) is 8.27. The van der Waals surface area contributed by atoms with Crippen LogP contribution in [0.1, 0.15) is 62.5 Å². The van der Waals surface area contributed by atoms with E-state index in [1.165, 1.54) is 0 Å². The van der Waals surface area contributed by atoms with Gasteiger partial charge < -0.3 is 9.80 Å². The Labute approximate surface area is 143 Å². The van der Waals surface area contributed by atoms with Crippen LogP contribution < -0.4 is 0 Å². The number of piperidine rings is 1. The smallest absolute Gasteiger partial charge is 0.257 e. The van der Waals surface area contributed by atoms with E-state index >= 15 is 0 Å². The average molecular weight is 332 g/mol. The predicted octanol–water partition coefficient (Wildman–Crippen LogP) is 2.23. The summed E-state index contributed by atoms with van der Waals surface area (Å²) in [4.78, 5) is 29.7. The van der Waals surface area contributed by atoms with Crippen LogP contribution in [0.3, 0.4) is 0 Å². The van der Waals surface area contributed by atoms with Gasteiger partial charge in [0, 0.05) is 31.4 Å². The minimum absolute atomic E-state index is 0.0125. The lowest BCUT2D eigenvalue weighted by molar-refractivity contribution is -0.147. The van der Waals surface area contributed by atoms with Gasteiger partial charge in [0.25, 0.3) is 5.91 Å². The van der Waals surface area contributed by atoms with Crippen molar-refractivity contribution in [3.8, 4) is 0 Å². The first-order valence-corrected chi connectivity index (χ1v) is 9.11. The molecule has 1 aromatic heterocycles. The zero-order chi connectivity index (χ0) is 17.3. The summed E-state index contributed by atoms with van der Waals surface area (Å²) in [5, 5.41) is 6.98. The molecule has 0 saturated carbocycles. The Morgan fingerprint density at radius 1 is 1.38 bits per heavy atom. The average Bonchev–Trinajstić information content (AvgIpc) is 3.18. The molecule has 0 unspecified atom stereocenters. The molecule has 132 valence electrons. The third kappa shape index (κ3) is 2.82. The maximum absolute atomic E-state index is 13.0. The van der Waals surface area contributed by atoms with E-state index in [9.17, 15) is 9.59 Å². The Morgan fingerprint density at radius 2 is 2.17 bits per heavy atom. The van der Waals surface area contributed by atoms with Gasteiger partial charge >= 0.3 is 0 Å². The van der Waals surface area contributed by atoms with Gasteiger partial charge in [0.1, 0.15) is 0 Å². The van der Waals surface area contributed by atoms with Gasteiger partial charge in [-0.1, -0.05) is 13.3 Å². The van der Waals surface area contributed by atoms with Gasteiger partial charge in [-0.25, -0.2) is 0 Å². The van der Waals surface area contributed by atoms with Gasteiger partial charge in [0.2, 0.25) is 5.91 Å². The van der Waals surface area contributed by atoms with Crippen LogP contribution >= 0.6 is 0 Å². The summed E-state index contributed by atoms with van der Waals surface area (Å²) < 4.78 is 0. The third-order valence-electron chi connectivity index (χ3n) is 5.48. The van der Waals surface area contributed by atoms with Crippen LogP contribution in [-0.2, 0) is 11.2 Å². The second-order valence-corrected chi connectivity index (χ2v) is 7.47. The summed E-state index contributed by atoms with van der Waals surface area (Å²) in [5.74, 6) is 0.249. The van der Waals surface area contributed by atoms with Gasteiger partial charge in [-0.05, 0) is 39.5 Å². The Kier molecular flexibility index (Phi) is 4.65. The molecule has 6 heteroatoms. The fourth-order valence-corrected chi connectivity index (χ4v) is 4.13. The van der Waals surface area contributed by atoms with E-state index in [4.69, 9.17) is 0 Å². The summed E-state index contributed by atoms with van der Waals surface area (Å²) in [6.07, 6.45) is 6.11. The van der Waals surface area contributed by atoms with Gasteiger partial charge in [-0.15, -0.1) is 0 Å². The van der Waals surface area contributed by atoms with Crippen LogP contribution in [-0.4, -0.2) is 57.5 Å². The molecule has 24 heavy (non-hydrogen) atoms. The number of aromatic amines is 1. The van der Waals surface area contributed by atoms with E-state index in [0.717, 1.165) is 44.3 Å². The Morgan fingerprint density at radius 3 is 2.88 bits per heavy atom. The molecule has 2 saturated heterocycles. The fraction of sp³-hybridized carbons (Fsp3) is 0.722. The highest BCUT2D eigenvalue weighted by molar-refractivity contribution is 5.96. The maximum Gasteiger partial charge on any atom is 0.257 e. The molecule has 2 aliphatic heterocycles. The molecular weight excluding hydrogens is 304 g/mol. The van der Waals surface area contributed by atoms with Crippen molar-refractivity contribution < 1.29 is 9.59 Å². The van der Waals surface area contributed by atoms with Crippen LogP contribution in [0, 0.1) is 5.41 Å². The van der Waals surface area contributed by atoms with Crippen LogP contribution in [0.2, 0.25) is 0 Å². The molecule has 1 spiro atoms. The highest BCUT2D eigenvalue weighted by Gasteiger charge is 2.50. The van der Waals surface area contributed by atoms with E-state index < -0.39 is 0 Å². The minimum Gasteiger partial charge on any atom is -0.340 e. The number of H-pyrrole nitrogens is 1. The Balaban J connectivity index is 1.76. The van der Waals surface area contributed by atoms with Crippen molar-refractivity contribution in [2.24, 2.45) is 5.41 Å². The zero-order valence-electron chi connectivity index (χ0n) is 15.0. The van der Waals surface area contributed by atoms with Gasteiger partial charge in [0.05, 0.1) is 17.2 Å². The molecule has 2 amide bonds. The van der Waals surface area contributed by atoms with Crippen molar-refractivity contribution >= 4 is 11.8 Å². The van der Waals surface area contributed by atoms with Gasteiger partial charge in [-0.2, -0.15) is 5.10 Å². The summed E-state index contributed by atoms with van der Waals surface area (Å²) in [6, 6.07) is 0.226. The van der Waals surface area contributed by atoms with Crippen molar-refractivity contribution in [1.29, 1.82) is 0 Å². The first-order chi connectivity index (χ1) is 11.5. The first-order valence-electron chi connectivity index (χ1n) is 9.11. The lowest BCUT2D eigenvalue weighted by atomic mass is 9.78. The third-order valence-corrected chi connectivity index (χ3v) is 5.48. The van der Waals surface area contributed by atoms with Crippen molar-refractivity contribution in [3.63, 3.8) is 0 Å². The lowest BCUT2D eigenvalue weighted by Gasteiger charge is -2.41. The quantitative estimate of drug-likeness (QED) is 0.919. The van der Waals surface area contributed by atoms with Crippen LogP contribution in [0.15, 0.2) is 6.20 Å². The largest absolute Gasteiger partial charge is 0.340 e. The van der Waals surface area contributed by atoms with Crippen LogP contribution in [0.5, 0.6) is 0 Å². The molecule has 1 N–H and O–H groups in total. The molecule has 2 fully saturated rings. The summed E-state index contributed by atoms with van der Waals surface area (Å²) in [7, 11) is 0. The number of carbonyl (C=O) groups is 2. The molecular formula is C18H28N4O2. The number of aryl methyl sites for hydroxylation is 1. The van der Waals surface area contributed by atoms with Gasteiger partial charge in [-0.3, -0.25) is 14.7 Å². The molecule has 3 heterocycles. The number of aromatic nitrogens is 2.